The van der Waals surface area contributed by atoms with Gasteiger partial charge in [0, 0.05) is 45.2 Å². The van der Waals surface area contributed by atoms with E-state index in [1.54, 1.807) is 7.11 Å². The van der Waals surface area contributed by atoms with Gasteiger partial charge in [-0.25, -0.2) is 0 Å². The molecule has 0 spiro atoms. The number of rotatable bonds is 8. The molecule has 1 atom stereocenters. The Morgan fingerprint density at radius 3 is 2.74 bits per heavy atom. The maximum Gasteiger partial charge on any atom is 0.120 e. The third kappa shape index (κ3) is 4.45. The van der Waals surface area contributed by atoms with E-state index in [4.69, 9.17) is 15.2 Å². The van der Waals surface area contributed by atoms with Gasteiger partial charge in [-0.3, -0.25) is 0 Å². The van der Waals surface area contributed by atoms with Crippen LogP contribution in [-0.4, -0.2) is 45.8 Å². The maximum absolute atomic E-state index is 10.9. The van der Waals surface area contributed by atoms with Gasteiger partial charge in [0.15, 0.2) is 0 Å². The van der Waals surface area contributed by atoms with Gasteiger partial charge in [0.2, 0.25) is 0 Å². The highest BCUT2D eigenvalue weighted by atomic mass is 16.5. The average molecular weight is 320 g/mol. The summed E-state index contributed by atoms with van der Waals surface area (Å²) in [7, 11) is 1.65. The van der Waals surface area contributed by atoms with Gasteiger partial charge in [0.25, 0.3) is 0 Å². The number of carbonyl (C=O) groups is 1. The summed E-state index contributed by atoms with van der Waals surface area (Å²) in [5.41, 5.74) is 9.23. The van der Waals surface area contributed by atoms with Crippen molar-refractivity contribution >= 4 is 17.7 Å². The fourth-order valence-corrected chi connectivity index (χ4v) is 3.33. The zero-order valence-corrected chi connectivity index (χ0v) is 14.2. The van der Waals surface area contributed by atoms with Crippen LogP contribution in [0.5, 0.6) is 0 Å². The quantitative estimate of drug-likeness (QED) is 0.589. The van der Waals surface area contributed by atoms with E-state index in [0.717, 1.165) is 55.8 Å². The predicted molar refractivity (Wildman–Crippen MR) is 93.0 cm³/mol. The van der Waals surface area contributed by atoms with E-state index in [0.29, 0.717) is 19.1 Å². The van der Waals surface area contributed by atoms with Crippen molar-refractivity contribution in [3.63, 3.8) is 0 Å². The molecule has 23 heavy (non-hydrogen) atoms. The molecule has 0 aromatic heterocycles. The first-order valence-electron chi connectivity index (χ1n) is 8.37. The normalized spacial score (nSPS) is 17.0. The zero-order chi connectivity index (χ0) is 16.7. The van der Waals surface area contributed by atoms with Crippen molar-refractivity contribution in [3.8, 4) is 0 Å². The Morgan fingerprint density at radius 2 is 2.17 bits per heavy atom. The maximum atomic E-state index is 10.9. The van der Waals surface area contributed by atoms with Crippen LogP contribution in [-0.2, 0) is 14.3 Å². The molecule has 1 aromatic carbocycles. The highest BCUT2D eigenvalue weighted by Crippen LogP contribution is 2.31. The van der Waals surface area contributed by atoms with Crippen molar-refractivity contribution in [2.75, 3.05) is 44.1 Å². The number of nitrogens with two attached hydrogens (primary N) is 1. The van der Waals surface area contributed by atoms with Crippen molar-refractivity contribution in [2.45, 2.75) is 38.1 Å². The van der Waals surface area contributed by atoms with Gasteiger partial charge in [0.05, 0.1) is 18.0 Å². The molecule has 1 aliphatic heterocycles. The van der Waals surface area contributed by atoms with E-state index in [2.05, 4.69) is 24.0 Å². The number of nitrogens with zero attached hydrogens (tertiary/aromatic N) is 1. The van der Waals surface area contributed by atoms with Gasteiger partial charge in [-0.15, -0.1) is 0 Å². The lowest BCUT2D eigenvalue weighted by molar-refractivity contribution is -0.108. The molecule has 1 fully saturated rings. The average Bonchev–Trinajstić information content (AvgIpc) is 2.58. The smallest absolute Gasteiger partial charge is 0.120 e. The second-order valence-electron chi connectivity index (χ2n) is 6.00. The molecule has 2 N–H and O–H groups in total. The van der Waals surface area contributed by atoms with Crippen LogP contribution >= 0.6 is 0 Å². The van der Waals surface area contributed by atoms with E-state index in [9.17, 15) is 4.79 Å². The summed E-state index contributed by atoms with van der Waals surface area (Å²) in [6.45, 7) is 5.23. The number of methoxy groups -OCH3 is 1. The van der Waals surface area contributed by atoms with Crippen LogP contribution < -0.4 is 10.6 Å². The molecule has 128 valence electrons. The summed E-state index contributed by atoms with van der Waals surface area (Å²) >= 11 is 0. The second kappa shape index (κ2) is 8.89. The Balaban J connectivity index is 2.20. The number of anilines is 2. The summed E-state index contributed by atoms with van der Waals surface area (Å²) in [6.07, 6.45) is 3.46. The summed E-state index contributed by atoms with van der Waals surface area (Å²) in [5, 5.41) is 0. The minimum atomic E-state index is 0.0620. The molecule has 1 unspecified atom stereocenters. The molecule has 1 aromatic rings. The van der Waals surface area contributed by atoms with Crippen molar-refractivity contribution < 1.29 is 14.3 Å². The standard InChI is InChI=1S/C18H28N2O3/c1-3-20(16-7-10-23-11-8-16)18-5-4-14(12-17(18)19)15(6-9-21)13-22-2/h4-5,9,12,15-16H,3,6-8,10-11,13,19H2,1-2H3. The molecule has 2 rings (SSSR count). The molecular formula is C18H28N2O3. The monoisotopic (exact) mass is 320 g/mol. The number of benzene rings is 1. The first kappa shape index (κ1) is 17.8. The van der Waals surface area contributed by atoms with Crippen LogP contribution in [0.1, 0.15) is 37.7 Å². The zero-order valence-electron chi connectivity index (χ0n) is 14.2. The van der Waals surface area contributed by atoms with Crippen LogP contribution in [0.15, 0.2) is 18.2 Å². The number of aldehydes is 1. The van der Waals surface area contributed by atoms with Crippen molar-refractivity contribution in [1.29, 1.82) is 0 Å². The lowest BCUT2D eigenvalue weighted by Crippen LogP contribution is -2.39. The molecule has 0 saturated carbocycles. The minimum absolute atomic E-state index is 0.0620. The van der Waals surface area contributed by atoms with E-state index in [1.165, 1.54) is 0 Å². The lowest BCUT2D eigenvalue weighted by atomic mass is 9.95. The second-order valence-corrected chi connectivity index (χ2v) is 6.00. The summed E-state index contributed by atoms with van der Waals surface area (Å²) in [5.74, 6) is 0.0620. The van der Waals surface area contributed by atoms with Crippen LogP contribution in [0.4, 0.5) is 11.4 Å². The Hall–Kier alpha value is -1.59. The van der Waals surface area contributed by atoms with Crippen LogP contribution in [0.3, 0.4) is 0 Å². The van der Waals surface area contributed by atoms with Crippen molar-refractivity contribution in [3.05, 3.63) is 23.8 Å². The predicted octanol–water partition coefficient (Wildman–Crippen LogP) is 2.59. The number of carbonyl (C=O) groups excluding carboxylic acids is 1. The first-order valence-corrected chi connectivity index (χ1v) is 8.37. The van der Waals surface area contributed by atoms with Crippen molar-refractivity contribution in [2.24, 2.45) is 0 Å². The minimum Gasteiger partial charge on any atom is -0.397 e. The van der Waals surface area contributed by atoms with Gasteiger partial charge in [0.1, 0.15) is 6.29 Å². The molecule has 0 amide bonds. The number of ether oxygens (including phenoxy) is 2. The van der Waals surface area contributed by atoms with E-state index in [1.807, 2.05) is 6.07 Å². The fraction of sp³-hybridized carbons (Fsp3) is 0.611. The molecule has 0 bridgehead atoms. The molecule has 0 aliphatic carbocycles. The van der Waals surface area contributed by atoms with E-state index >= 15 is 0 Å². The van der Waals surface area contributed by atoms with Gasteiger partial charge in [-0.05, 0) is 37.5 Å². The Labute approximate surface area is 138 Å². The molecule has 1 heterocycles. The summed E-state index contributed by atoms with van der Waals surface area (Å²) in [4.78, 5) is 13.2. The molecule has 1 aliphatic rings. The van der Waals surface area contributed by atoms with Gasteiger partial charge < -0.3 is 24.9 Å². The summed E-state index contributed by atoms with van der Waals surface area (Å²) in [6, 6.07) is 6.62. The first-order chi connectivity index (χ1) is 11.2. The number of nitrogen functional groups attached to an aromatic ring is 1. The Kier molecular flexibility index (Phi) is 6.86. The van der Waals surface area contributed by atoms with Gasteiger partial charge in [-0.1, -0.05) is 6.07 Å². The topological polar surface area (TPSA) is 64.8 Å². The van der Waals surface area contributed by atoms with Crippen LogP contribution in [0.25, 0.3) is 0 Å². The van der Waals surface area contributed by atoms with Gasteiger partial charge >= 0.3 is 0 Å². The molecule has 5 nitrogen and oxygen atoms in total. The van der Waals surface area contributed by atoms with Crippen LogP contribution in [0.2, 0.25) is 0 Å². The molecule has 1 saturated heterocycles. The number of hydrogen-bond acceptors (Lipinski definition) is 5. The van der Waals surface area contributed by atoms with Gasteiger partial charge in [-0.2, -0.15) is 0 Å². The third-order valence-corrected chi connectivity index (χ3v) is 4.55. The lowest BCUT2D eigenvalue weighted by Gasteiger charge is -2.36. The highest BCUT2D eigenvalue weighted by Gasteiger charge is 2.22. The molecule has 5 heteroatoms. The van der Waals surface area contributed by atoms with E-state index in [-0.39, 0.29) is 5.92 Å². The SMILES string of the molecule is CCN(c1ccc(C(CC=O)COC)cc1N)C1CCOCC1. The highest BCUT2D eigenvalue weighted by molar-refractivity contribution is 5.69. The largest absolute Gasteiger partial charge is 0.397 e. The summed E-state index contributed by atoms with van der Waals surface area (Å²) < 4.78 is 10.7. The Morgan fingerprint density at radius 1 is 1.43 bits per heavy atom. The fourth-order valence-electron chi connectivity index (χ4n) is 3.33. The van der Waals surface area contributed by atoms with Crippen molar-refractivity contribution in [1.82, 2.24) is 0 Å². The third-order valence-electron chi connectivity index (χ3n) is 4.55. The van der Waals surface area contributed by atoms with Crippen LogP contribution in [0, 0.1) is 0 Å². The molecule has 0 radical (unpaired) electrons. The molecular weight excluding hydrogens is 292 g/mol. The van der Waals surface area contributed by atoms with E-state index < -0.39 is 0 Å². The number of hydrogen-bond donors (Lipinski definition) is 1. The Bertz CT molecular complexity index is 501.